The van der Waals surface area contributed by atoms with Gasteiger partial charge in [0, 0.05) is 12.1 Å². The molecular weight excluding hydrogens is 930 g/mol. The number of ether oxygens (including phenoxy) is 8. The van der Waals surface area contributed by atoms with Crippen LogP contribution in [0.5, 0.6) is 5.75 Å². The van der Waals surface area contributed by atoms with E-state index in [4.69, 9.17) is 37.9 Å². The second-order valence-electron chi connectivity index (χ2n) is 14.3. The van der Waals surface area contributed by atoms with Crippen molar-refractivity contribution in [1.29, 1.82) is 0 Å². The first-order chi connectivity index (χ1) is 29.8. The summed E-state index contributed by atoms with van der Waals surface area (Å²) in [5.74, 6) is -4.16. The van der Waals surface area contributed by atoms with E-state index in [1.807, 2.05) is 0 Å². The van der Waals surface area contributed by atoms with Crippen molar-refractivity contribution in [2.24, 2.45) is 0 Å². The Morgan fingerprint density at radius 1 is 0.594 bits per heavy atom. The molecule has 32 nitrogen and oxygen atoms in total. The van der Waals surface area contributed by atoms with E-state index in [2.05, 4.69) is 0 Å². The van der Waals surface area contributed by atoms with Gasteiger partial charge in [-0.25, -0.2) is 9.59 Å². The van der Waals surface area contributed by atoms with Gasteiger partial charge >= 0.3 is 32.5 Å². The molecule has 0 aliphatic carbocycles. The molecule has 0 unspecified atom stereocenters. The fourth-order valence-corrected chi connectivity index (χ4v) is 8.16. The maximum Gasteiger partial charge on any atom is 0.335 e. The second-order valence-corrected chi connectivity index (χ2v) is 16.7. The van der Waals surface area contributed by atoms with Gasteiger partial charge in [0.25, 0.3) is 5.69 Å². The van der Waals surface area contributed by atoms with Crippen LogP contribution in [0.1, 0.15) is 0 Å². The smallest absolute Gasteiger partial charge is 0.335 e. The molecule has 0 amide bonds. The van der Waals surface area contributed by atoms with Crippen LogP contribution in [0.15, 0.2) is 24.3 Å². The Bertz CT molecular complexity index is 2020. The summed E-state index contributed by atoms with van der Waals surface area (Å²) in [5.41, 5.74) is -0.378. The molecular formula is C30H43N3O29S2. The summed E-state index contributed by atoms with van der Waals surface area (Å²) in [4.78, 5) is 35.0. The predicted molar refractivity (Wildman–Crippen MR) is 191 cm³/mol. The average molecular weight is 974 g/mol. The van der Waals surface area contributed by atoms with E-state index in [0.717, 1.165) is 24.3 Å². The van der Waals surface area contributed by atoms with Crippen molar-refractivity contribution in [3.8, 4) is 5.75 Å². The van der Waals surface area contributed by atoms with Gasteiger partial charge in [0.05, 0.1) is 18.1 Å². The number of hydrogen-bond acceptors (Lipinski definition) is 25. The standard InChI is InChI=1S/C30H43N3O29S2/c34-5-9-13(36)14(37)11(31-63(49,50)51)27(56-9)59-22-17(40)19(42)30(62-24(22)26(45)46)58-20-10(6-35)57-28(12(15(20)38)32-64(52,53)54)60-21-16(39)18(41)29(61-23(21)25(43)44)55-8-3-1-7(2-4-8)33(47)48/h1-4,9-24,27-32,34-42H,5-6H2,(H,43,44)(H,45,46)(H,49,50,51)(H,52,53,54)/t9-,10-,11-,12-,13-,14-,15-,16-,17-,18-,19-,20-,21+,22+,23+,24+,27-,28-,29-,30-/m1/s1. The lowest BCUT2D eigenvalue weighted by Gasteiger charge is -2.49. The summed E-state index contributed by atoms with van der Waals surface area (Å²) in [5, 5.41) is 127. The molecule has 5 rings (SSSR count). The number of benzene rings is 1. The third kappa shape index (κ3) is 11.7. The van der Waals surface area contributed by atoms with E-state index >= 15 is 0 Å². The van der Waals surface area contributed by atoms with Crippen LogP contribution < -0.4 is 14.2 Å². The van der Waals surface area contributed by atoms with Gasteiger partial charge in [0.1, 0.15) is 91.1 Å². The second kappa shape index (κ2) is 20.5. The SMILES string of the molecule is O=C(O)[C@H]1O[C@@H](Oc2ccc([N+](=O)[O-])cc2)[C@H](O)[C@@H](O)[C@@H]1O[C@H]1O[C@H](CO)[C@@H](O[C@@H]2O[C@H](C(=O)O)[C@@H](O[C@H]3O[C@H](CO)[C@@H](O)[C@H](O)[C@H]3NS(=O)(=O)O)[C@H](O)[C@H]2O)[C@H](O)[C@H]1NS(=O)(=O)O. The maximum absolute atomic E-state index is 12.4. The van der Waals surface area contributed by atoms with Crippen LogP contribution in [-0.2, 0) is 63.4 Å². The molecule has 15 N–H and O–H groups in total. The fraction of sp³-hybridized carbons (Fsp3) is 0.733. The number of carboxylic acid groups (broad SMARTS) is 2. The summed E-state index contributed by atoms with van der Waals surface area (Å²) >= 11 is 0. The molecule has 0 spiro atoms. The van der Waals surface area contributed by atoms with Crippen molar-refractivity contribution in [2.75, 3.05) is 13.2 Å². The number of carbonyl (C=O) groups is 2. The third-order valence-corrected chi connectivity index (χ3v) is 11.2. The Balaban J connectivity index is 1.36. The van der Waals surface area contributed by atoms with E-state index < -0.39 is 173 Å². The van der Waals surface area contributed by atoms with Crippen molar-refractivity contribution < 1.29 is 135 Å². The molecule has 20 atom stereocenters. The Morgan fingerprint density at radius 2 is 1.02 bits per heavy atom. The molecule has 4 saturated heterocycles. The number of hydrogen-bond donors (Lipinski definition) is 15. The van der Waals surface area contributed by atoms with E-state index in [-0.39, 0.29) is 11.4 Å². The van der Waals surface area contributed by atoms with Gasteiger partial charge in [-0.15, -0.1) is 0 Å². The topological polar surface area (TPSA) is 506 Å². The Morgan fingerprint density at radius 3 is 1.45 bits per heavy atom. The van der Waals surface area contributed by atoms with Gasteiger partial charge < -0.3 is 94.1 Å². The molecule has 0 bridgehead atoms. The molecule has 4 fully saturated rings. The molecule has 4 aliphatic heterocycles. The number of aliphatic carboxylic acids is 2. The van der Waals surface area contributed by atoms with Crippen molar-refractivity contribution in [3.63, 3.8) is 0 Å². The molecule has 1 aromatic rings. The van der Waals surface area contributed by atoms with Gasteiger partial charge in [-0.05, 0) is 12.1 Å². The number of non-ortho nitro benzene ring substituents is 1. The highest BCUT2D eigenvalue weighted by Gasteiger charge is 2.58. The van der Waals surface area contributed by atoms with Gasteiger partial charge in [0.2, 0.25) is 6.29 Å². The number of nitrogens with zero attached hydrogens (tertiary/aromatic N) is 1. The van der Waals surface area contributed by atoms with Crippen LogP contribution in [-0.4, -0.2) is 235 Å². The first kappa shape index (κ1) is 51.4. The zero-order valence-electron chi connectivity index (χ0n) is 31.9. The van der Waals surface area contributed by atoms with Crippen LogP contribution >= 0.6 is 0 Å². The monoisotopic (exact) mass is 973 g/mol. The van der Waals surface area contributed by atoms with E-state index in [0.29, 0.717) is 0 Å². The molecule has 64 heavy (non-hydrogen) atoms. The van der Waals surface area contributed by atoms with Crippen LogP contribution in [0.3, 0.4) is 0 Å². The highest BCUT2D eigenvalue weighted by atomic mass is 32.2. The van der Waals surface area contributed by atoms with Gasteiger partial charge in [-0.3, -0.25) is 19.2 Å². The molecule has 1 aromatic carbocycles. The van der Waals surface area contributed by atoms with Gasteiger partial charge in [-0.1, -0.05) is 0 Å². The number of carboxylic acids is 2. The van der Waals surface area contributed by atoms with Gasteiger partial charge in [-0.2, -0.15) is 26.3 Å². The summed E-state index contributed by atoms with van der Waals surface area (Å²) < 4.78 is 112. The summed E-state index contributed by atoms with van der Waals surface area (Å²) in [6.07, 6.45) is -40.9. The minimum Gasteiger partial charge on any atom is -0.479 e. The number of nitro benzene ring substituents is 1. The highest BCUT2D eigenvalue weighted by molar-refractivity contribution is 7.84. The van der Waals surface area contributed by atoms with Crippen molar-refractivity contribution in [1.82, 2.24) is 9.44 Å². The Kier molecular flexibility index (Phi) is 16.5. The minimum absolute atomic E-state index is 0.215. The maximum atomic E-state index is 12.4. The highest BCUT2D eigenvalue weighted by Crippen LogP contribution is 2.35. The summed E-state index contributed by atoms with van der Waals surface area (Å²) in [6.45, 7) is -2.32. The molecule has 4 aliphatic rings. The number of nitrogens with one attached hydrogen (secondary N) is 2. The van der Waals surface area contributed by atoms with E-state index in [9.17, 15) is 102 Å². The lowest BCUT2D eigenvalue weighted by molar-refractivity contribution is -0.384. The minimum atomic E-state index is -5.45. The van der Waals surface area contributed by atoms with Crippen molar-refractivity contribution in [3.05, 3.63) is 34.4 Å². The third-order valence-electron chi connectivity index (χ3n) is 10.1. The molecule has 34 heteroatoms. The Hall–Kier alpha value is -3.54. The van der Waals surface area contributed by atoms with E-state index in [1.54, 1.807) is 0 Å². The average Bonchev–Trinajstić information content (AvgIpc) is 3.20. The van der Waals surface area contributed by atoms with Gasteiger partial charge in [0.15, 0.2) is 31.1 Å². The number of aliphatic hydroxyl groups excluding tert-OH is 9. The fourth-order valence-electron chi connectivity index (χ4n) is 6.97. The molecule has 0 radical (unpaired) electrons. The van der Waals surface area contributed by atoms with Crippen molar-refractivity contribution in [2.45, 2.75) is 123 Å². The largest absolute Gasteiger partial charge is 0.479 e. The zero-order valence-corrected chi connectivity index (χ0v) is 33.5. The van der Waals surface area contributed by atoms with Crippen LogP contribution in [0.4, 0.5) is 5.69 Å². The molecule has 364 valence electrons. The molecule has 0 aromatic heterocycles. The predicted octanol–water partition coefficient (Wildman–Crippen LogP) is -8.77. The zero-order chi connectivity index (χ0) is 47.7. The summed E-state index contributed by atoms with van der Waals surface area (Å²) in [6, 6.07) is -0.516. The number of aliphatic hydroxyl groups is 9. The first-order valence-electron chi connectivity index (χ1n) is 18.2. The lowest BCUT2D eigenvalue weighted by atomic mass is 9.94. The Labute approximate surface area is 357 Å². The number of nitro groups is 1. The van der Waals surface area contributed by atoms with E-state index in [1.165, 1.54) is 9.44 Å². The first-order valence-corrected chi connectivity index (χ1v) is 21.1. The van der Waals surface area contributed by atoms with Crippen LogP contribution in [0.25, 0.3) is 0 Å². The summed E-state index contributed by atoms with van der Waals surface area (Å²) in [7, 11) is -10.7. The molecule has 0 saturated carbocycles. The van der Waals surface area contributed by atoms with Crippen LogP contribution in [0.2, 0.25) is 0 Å². The lowest BCUT2D eigenvalue weighted by Crippen LogP contribution is -2.70. The molecule has 4 heterocycles. The van der Waals surface area contributed by atoms with Crippen molar-refractivity contribution >= 4 is 38.2 Å². The quantitative estimate of drug-likeness (QED) is 0.0391. The number of rotatable bonds is 17. The van der Waals surface area contributed by atoms with Crippen LogP contribution in [0, 0.1) is 10.1 Å². The normalized spacial score (nSPS) is 40.9.